The molecule has 0 spiro atoms. The van der Waals surface area contributed by atoms with E-state index in [4.69, 9.17) is 14.6 Å². The number of hydrogen-bond acceptors (Lipinski definition) is 4. The fourth-order valence-electron chi connectivity index (χ4n) is 2.95. The monoisotopic (exact) mass is 406 g/mol. The van der Waals surface area contributed by atoms with E-state index in [-0.39, 0.29) is 25.6 Å². The van der Waals surface area contributed by atoms with Gasteiger partial charge in [0.15, 0.2) is 0 Å². The van der Waals surface area contributed by atoms with E-state index in [1.165, 1.54) is 6.07 Å². The number of esters is 1. The topological polar surface area (TPSA) is 55.8 Å². The van der Waals surface area contributed by atoms with Crippen molar-refractivity contribution in [2.24, 2.45) is 0 Å². The van der Waals surface area contributed by atoms with Crippen molar-refractivity contribution in [2.45, 2.75) is 13.5 Å². The Balaban J connectivity index is 1.76. The molecule has 0 heterocycles. The first-order chi connectivity index (χ1) is 14.5. The highest BCUT2D eigenvalue weighted by molar-refractivity contribution is 5.86. The third-order valence-electron chi connectivity index (χ3n) is 4.54. The van der Waals surface area contributed by atoms with Crippen LogP contribution in [0.3, 0.4) is 0 Å². The molecule has 0 bridgehead atoms. The number of carbonyl (C=O) groups is 1. The van der Waals surface area contributed by atoms with Gasteiger partial charge in [-0.25, -0.2) is 9.18 Å². The van der Waals surface area contributed by atoms with Gasteiger partial charge >= 0.3 is 5.97 Å². The zero-order valence-corrected chi connectivity index (χ0v) is 16.7. The Morgan fingerprint density at radius 2 is 1.67 bits per heavy atom. The quantitative estimate of drug-likeness (QED) is 0.319. The van der Waals surface area contributed by atoms with Crippen LogP contribution >= 0.6 is 0 Å². The summed E-state index contributed by atoms with van der Waals surface area (Å²) in [6.07, 6.45) is 0. The maximum absolute atomic E-state index is 14.9. The molecule has 0 amide bonds. The summed E-state index contributed by atoms with van der Waals surface area (Å²) in [4.78, 5) is 11.4. The van der Waals surface area contributed by atoms with Gasteiger partial charge < -0.3 is 14.6 Å². The molecule has 0 atom stereocenters. The van der Waals surface area contributed by atoms with Gasteiger partial charge in [0.25, 0.3) is 0 Å². The van der Waals surface area contributed by atoms with Crippen molar-refractivity contribution in [3.63, 3.8) is 0 Å². The molecule has 0 aliphatic heterocycles. The maximum Gasteiger partial charge on any atom is 0.333 e. The highest BCUT2D eigenvalue weighted by atomic mass is 19.1. The third-order valence-corrected chi connectivity index (χ3v) is 4.54. The lowest BCUT2D eigenvalue weighted by Gasteiger charge is -2.13. The van der Waals surface area contributed by atoms with E-state index < -0.39 is 5.97 Å². The Kier molecular flexibility index (Phi) is 6.99. The van der Waals surface area contributed by atoms with Gasteiger partial charge in [-0.3, -0.25) is 0 Å². The molecule has 0 saturated carbocycles. The second-order valence-electron chi connectivity index (χ2n) is 6.81. The van der Waals surface area contributed by atoms with Crippen LogP contribution in [0.2, 0.25) is 0 Å². The Morgan fingerprint density at radius 3 is 2.33 bits per heavy atom. The molecule has 0 aliphatic carbocycles. The number of ether oxygens (including phenoxy) is 2. The van der Waals surface area contributed by atoms with Gasteiger partial charge in [0.05, 0.1) is 6.61 Å². The summed E-state index contributed by atoms with van der Waals surface area (Å²) in [6, 6.07) is 19.5. The van der Waals surface area contributed by atoms with Crippen LogP contribution < -0.4 is 4.74 Å². The predicted octanol–water partition coefficient (Wildman–Crippen LogP) is 5.15. The molecule has 0 aliphatic rings. The molecule has 0 saturated heterocycles. The molecular formula is C25H23FO4. The van der Waals surface area contributed by atoms with Gasteiger partial charge in [-0.15, -0.1) is 0 Å². The van der Waals surface area contributed by atoms with Crippen LogP contribution in [0.25, 0.3) is 22.3 Å². The Labute approximate surface area is 175 Å². The van der Waals surface area contributed by atoms with Crippen LogP contribution in [0, 0.1) is 5.82 Å². The van der Waals surface area contributed by atoms with E-state index in [1.807, 2.05) is 24.3 Å². The molecule has 154 valence electrons. The zero-order chi connectivity index (χ0) is 21.5. The standard InChI is InChI=1S/C25H23FO4/c1-17(2)25(28)30-14-13-29-24-6-4-3-5-22(24)20-11-12-21(23(26)15-20)19-9-7-18(16-27)8-10-19/h3-12,15,27H,1,13-14,16H2,2H3. The first-order valence-corrected chi connectivity index (χ1v) is 9.54. The van der Waals surface area contributed by atoms with Gasteiger partial charge in [0, 0.05) is 16.7 Å². The fourth-order valence-corrected chi connectivity index (χ4v) is 2.95. The Hall–Kier alpha value is -3.44. The third kappa shape index (κ3) is 5.13. The maximum atomic E-state index is 14.9. The van der Waals surface area contributed by atoms with E-state index in [0.29, 0.717) is 22.4 Å². The normalized spacial score (nSPS) is 10.5. The van der Waals surface area contributed by atoms with E-state index >= 15 is 0 Å². The van der Waals surface area contributed by atoms with E-state index in [0.717, 1.165) is 16.7 Å². The predicted molar refractivity (Wildman–Crippen MR) is 114 cm³/mol. The lowest BCUT2D eigenvalue weighted by molar-refractivity contribution is -0.139. The average Bonchev–Trinajstić information content (AvgIpc) is 2.77. The molecule has 0 unspecified atom stereocenters. The first kappa shape index (κ1) is 21.3. The molecule has 3 rings (SSSR count). The minimum absolute atomic E-state index is 0.0507. The van der Waals surface area contributed by atoms with E-state index in [1.54, 1.807) is 43.3 Å². The number of para-hydroxylation sites is 1. The summed E-state index contributed by atoms with van der Waals surface area (Å²) in [7, 11) is 0. The number of aliphatic hydroxyl groups excluding tert-OH is 1. The first-order valence-electron chi connectivity index (χ1n) is 9.54. The molecule has 1 N–H and O–H groups in total. The molecule has 0 fully saturated rings. The van der Waals surface area contributed by atoms with Crippen LogP contribution in [-0.2, 0) is 16.1 Å². The summed E-state index contributed by atoms with van der Waals surface area (Å²) in [6.45, 7) is 5.33. The minimum Gasteiger partial charge on any atom is -0.489 e. The lowest BCUT2D eigenvalue weighted by Crippen LogP contribution is -2.12. The number of halogens is 1. The van der Waals surface area contributed by atoms with Crippen molar-refractivity contribution in [3.8, 4) is 28.0 Å². The summed E-state index contributed by atoms with van der Waals surface area (Å²) in [5.74, 6) is -0.241. The number of aliphatic hydroxyl groups is 1. The number of benzene rings is 3. The second kappa shape index (κ2) is 9.85. The van der Waals surface area contributed by atoms with Crippen molar-refractivity contribution in [1.29, 1.82) is 0 Å². The molecule has 30 heavy (non-hydrogen) atoms. The van der Waals surface area contributed by atoms with Crippen molar-refractivity contribution in [3.05, 3.63) is 90.3 Å². The molecule has 3 aromatic carbocycles. The van der Waals surface area contributed by atoms with Crippen LogP contribution in [0.5, 0.6) is 5.75 Å². The number of hydrogen-bond donors (Lipinski definition) is 1. The highest BCUT2D eigenvalue weighted by Gasteiger charge is 2.11. The Bertz CT molecular complexity index is 1040. The SMILES string of the molecule is C=C(C)C(=O)OCCOc1ccccc1-c1ccc(-c2ccc(CO)cc2)c(F)c1. The van der Waals surface area contributed by atoms with Crippen molar-refractivity contribution in [2.75, 3.05) is 13.2 Å². The summed E-state index contributed by atoms with van der Waals surface area (Å²) in [5.41, 5.74) is 3.74. The summed E-state index contributed by atoms with van der Waals surface area (Å²) in [5, 5.41) is 9.16. The molecule has 3 aromatic rings. The van der Waals surface area contributed by atoms with E-state index in [9.17, 15) is 9.18 Å². The molecule has 4 nitrogen and oxygen atoms in total. The van der Waals surface area contributed by atoms with E-state index in [2.05, 4.69) is 6.58 Å². The second-order valence-corrected chi connectivity index (χ2v) is 6.81. The van der Waals surface area contributed by atoms with Crippen molar-refractivity contribution < 1.29 is 23.8 Å². The smallest absolute Gasteiger partial charge is 0.333 e. The van der Waals surface area contributed by atoms with Crippen LogP contribution in [0.15, 0.2) is 78.9 Å². The summed E-state index contributed by atoms with van der Waals surface area (Å²) >= 11 is 0. The van der Waals surface area contributed by atoms with Crippen molar-refractivity contribution in [1.82, 2.24) is 0 Å². The lowest BCUT2D eigenvalue weighted by atomic mass is 9.98. The van der Waals surface area contributed by atoms with Crippen LogP contribution in [0.1, 0.15) is 12.5 Å². The highest BCUT2D eigenvalue weighted by Crippen LogP contribution is 2.33. The van der Waals surface area contributed by atoms with Gasteiger partial charge in [-0.1, -0.05) is 61.2 Å². The van der Waals surface area contributed by atoms with Gasteiger partial charge in [0.2, 0.25) is 0 Å². The van der Waals surface area contributed by atoms with Gasteiger partial charge in [-0.2, -0.15) is 0 Å². The number of rotatable bonds is 8. The minimum atomic E-state index is -0.462. The summed E-state index contributed by atoms with van der Waals surface area (Å²) < 4.78 is 25.6. The van der Waals surface area contributed by atoms with Gasteiger partial charge in [0.1, 0.15) is 24.8 Å². The van der Waals surface area contributed by atoms with Crippen LogP contribution in [0.4, 0.5) is 4.39 Å². The molecule has 0 aromatic heterocycles. The average molecular weight is 406 g/mol. The number of carbonyl (C=O) groups excluding carboxylic acids is 1. The fraction of sp³-hybridized carbons (Fsp3) is 0.160. The van der Waals surface area contributed by atoms with Gasteiger partial charge in [-0.05, 0) is 35.7 Å². The molecule has 0 radical (unpaired) electrons. The zero-order valence-electron chi connectivity index (χ0n) is 16.7. The molecular weight excluding hydrogens is 383 g/mol. The van der Waals surface area contributed by atoms with Crippen LogP contribution in [-0.4, -0.2) is 24.3 Å². The van der Waals surface area contributed by atoms with Crippen molar-refractivity contribution >= 4 is 5.97 Å². The Morgan fingerprint density at radius 1 is 0.967 bits per heavy atom. The largest absolute Gasteiger partial charge is 0.489 e. The molecule has 5 heteroatoms.